The van der Waals surface area contributed by atoms with Crippen LogP contribution in [0.2, 0.25) is 5.02 Å². The number of rotatable bonds is 4. The monoisotopic (exact) mass is 539 g/mol. The fourth-order valence-electron chi connectivity index (χ4n) is 5.66. The molecule has 10 heteroatoms. The Bertz CT molecular complexity index is 1460. The van der Waals surface area contributed by atoms with Crippen LogP contribution in [-0.2, 0) is 14.3 Å². The molecule has 0 bridgehead atoms. The highest BCUT2D eigenvalue weighted by atomic mass is 35.5. The van der Waals surface area contributed by atoms with Crippen molar-refractivity contribution in [2.75, 3.05) is 21.3 Å². The van der Waals surface area contributed by atoms with Crippen LogP contribution in [-0.4, -0.2) is 49.6 Å². The van der Waals surface area contributed by atoms with Crippen molar-refractivity contribution >= 4 is 29.1 Å². The number of dihydropyridines is 1. The van der Waals surface area contributed by atoms with E-state index in [0.29, 0.717) is 17.0 Å². The minimum Gasteiger partial charge on any atom is -0.508 e. The topological polar surface area (TPSA) is 120 Å². The fraction of sp³-hybridized carbons (Fsp3) is 0.321. The molecular weight excluding hydrogens is 514 g/mol. The predicted octanol–water partition coefficient (Wildman–Crippen LogP) is 4.07. The van der Waals surface area contributed by atoms with Crippen molar-refractivity contribution < 1.29 is 38.4 Å². The van der Waals surface area contributed by atoms with Gasteiger partial charge in [-0.25, -0.2) is 4.79 Å². The van der Waals surface area contributed by atoms with Crippen LogP contribution in [0.4, 0.5) is 0 Å². The van der Waals surface area contributed by atoms with E-state index in [4.69, 9.17) is 30.5 Å². The van der Waals surface area contributed by atoms with E-state index in [-0.39, 0.29) is 51.2 Å². The number of carbonyl (C=O) groups excluding carboxylic acids is 3. The van der Waals surface area contributed by atoms with Crippen LogP contribution < -0.4 is 19.5 Å². The van der Waals surface area contributed by atoms with Crippen molar-refractivity contribution in [1.29, 1.82) is 0 Å². The quantitative estimate of drug-likeness (QED) is 0.437. The van der Waals surface area contributed by atoms with Crippen LogP contribution in [0.3, 0.4) is 0 Å². The largest absolute Gasteiger partial charge is 0.508 e. The molecule has 1 spiro atoms. The lowest BCUT2D eigenvalue weighted by atomic mass is 9.65. The molecule has 0 saturated heterocycles. The Labute approximate surface area is 224 Å². The molecule has 0 saturated carbocycles. The molecule has 38 heavy (non-hydrogen) atoms. The Morgan fingerprint density at radius 2 is 1.76 bits per heavy atom. The SMILES string of the molecule is COC(=O)C1=C(C)NC2=C(C(=O)[C@@]3(Oc4c(Cl)c(OC)cc(OC)c4C3=O)[C@H](C)C2)[C@@H]1c1ccc(O)cc1. The highest BCUT2D eigenvalue weighted by Gasteiger charge is 2.63. The smallest absolute Gasteiger partial charge is 0.336 e. The summed E-state index contributed by atoms with van der Waals surface area (Å²) < 4.78 is 22.1. The molecular formula is C28H26ClNO8. The molecule has 2 aromatic carbocycles. The number of fused-ring (bicyclic) bond motifs is 1. The Morgan fingerprint density at radius 3 is 2.37 bits per heavy atom. The number of allylic oxidation sites excluding steroid dienone is 2. The van der Waals surface area contributed by atoms with E-state index < -0.39 is 35.0 Å². The van der Waals surface area contributed by atoms with Gasteiger partial charge in [0.25, 0.3) is 0 Å². The first kappa shape index (κ1) is 25.7. The average molecular weight is 540 g/mol. The van der Waals surface area contributed by atoms with E-state index in [0.717, 1.165) is 0 Å². The Hall–Kier alpha value is -3.98. The van der Waals surface area contributed by atoms with E-state index in [2.05, 4.69) is 5.32 Å². The van der Waals surface area contributed by atoms with E-state index >= 15 is 0 Å². The van der Waals surface area contributed by atoms with Crippen molar-refractivity contribution in [3.05, 3.63) is 69.0 Å². The van der Waals surface area contributed by atoms with Crippen molar-refractivity contribution in [2.45, 2.75) is 31.8 Å². The second-order valence-electron chi connectivity index (χ2n) is 9.47. The molecule has 0 aromatic heterocycles. The van der Waals surface area contributed by atoms with Gasteiger partial charge in [-0.15, -0.1) is 0 Å². The zero-order valence-electron chi connectivity index (χ0n) is 21.4. The highest BCUT2D eigenvalue weighted by Crippen LogP contribution is 2.56. The van der Waals surface area contributed by atoms with Gasteiger partial charge in [-0.3, -0.25) is 9.59 Å². The summed E-state index contributed by atoms with van der Waals surface area (Å²) in [5.41, 5.74) is 0.231. The summed E-state index contributed by atoms with van der Waals surface area (Å²) in [4.78, 5) is 41.7. The number of nitrogens with one attached hydrogen (secondary N) is 1. The number of ether oxygens (including phenoxy) is 4. The van der Waals surface area contributed by atoms with E-state index in [1.54, 1.807) is 26.0 Å². The first-order valence-corrected chi connectivity index (χ1v) is 12.3. The molecule has 198 valence electrons. The predicted molar refractivity (Wildman–Crippen MR) is 137 cm³/mol. The summed E-state index contributed by atoms with van der Waals surface area (Å²) in [6.45, 7) is 3.49. The highest BCUT2D eigenvalue weighted by molar-refractivity contribution is 6.36. The molecule has 2 aliphatic heterocycles. The fourth-order valence-corrected chi connectivity index (χ4v) is 5.92. The maximum atomic E-state index is 14.6. The van der Waals surface area contributed by atoms with Gasteiger partial charge in [0.2, 0.25) is 17.2 Å². The number of methoxy groups -OCH3 is 3. The summed E-state index contributed by atoms with van der Waals surface area (Å²) in [5, 5.41) is 13.1. The second kappa shape index (κ2) is 9.09. The van der Waals surface area contributed by atoms with Gasteiger partial charge in [0.15, 0.2) is 5.75 Å². The minimum atomic E-state index is -1.94. The van der Waals surface area contributed by atoms with Crippen LogP contribution >= 0.6 is 11.6 Å². The lowest BCUT2D eigenvalue weighted by Gasteiger charge is -2.42. The van der Waals surface area contributed by atoms with Crippen molar-refractivity contribution in [3.63, 3.8) is 0 Å². The number of phenolic OH excluding ortho intramolecular Hbond substituents is 1. The lowest BCUT2D eigenvalue weighted by molar-refractivity contribution is -0.136. The van der Waals surface area contributed by atoms with Gasteiger partial charge >= 0.3 is 5.97 Å². The number of aromatic hydroxyl groups is 1. The number of halogens is 1. The number of hydrogen-bond donors (Lipinski definition) is 2. The molecule has 3 aliphatic rings. The van der Waals surface area contributed by atoms with Gasteiger partial charge < -0.3 is 29.4 Å². The zero-order valence-corrected chi connectivity index (χ0v) is 22.2. The number of Topliss-reactive ketones (excluding diaryl/α,β-unsaturated/α-hetero) is 2. The molecule has 2 N–H and O–H groups in total. The Morgan fingerprint density at radius 1 is 1.11 bits per heavy atom. The molecule has 5 rings (SSSR count). The number of phenols is 1. The van der Waals surface area contributed by atoms with Crippen LogP contribution in [0.15, 0.2) is 52.9 Å². The maximum Gasteiger partial charge on any atom is 0.336 e. The second-order valence-corrected chi connectivity index (χ2v) is 9.85. The molecule has 1 aliphatic carbocycles. The van der Waals surface area contributed by atoms with Crippen LogP contribution in [0.5, 0.6) is 23.0 Å². The summed E-state index contributed by atoms with van der Waals surface area (Å²) in [7, 11) is 4.08. The van der Waals surface area contributed by atoms with Gasteiger partial charge in [-0.2, -0.15) is 0 Å². The molecule has 2 heterocycles. The third-order valence-electron chi connectivity index (χ3n) is 7.48. The summed E-state index contributed by atoms with van der Waals surface area (Å²) in [6.07, 6.45) is 0.276. The number of benzene rings is 2. The van der Waals surface area contributed by atoms with Gasteiger partial charge in [-0.1, -0.05) is 30.7 Å². The number of esters is 1. The van der Waals surface area contributed by atoms with Crippen molar-refractivity contribution in [1.82, 2.24) is 5.32 Å². The third-order valence-corrected chi connectivity index (χ3v) is 7.84. The molecule has 0 unspecified atom stereocenters. The van der Waals surface area contributed by atoms with Gasteiger partial charge in [-0.05, 0) is 31.0 Å². The maximum absolute atomic E-state index is 14.6. The van der Waals surface area contributed by atoms with Crippen molar-refractivity contribution in [2.24, 2.45) is 5.92 Å². The lowest BCUT2D eigenvalue weighted by Crippen LogP contribution is -2.58. The first-order chi connectivity index (χ1) is 18.1. The van der Waals surface area contributed by atoms with Gasteiger partial charge in [0, 0.05) is 34.9 Å². The standard InChI is InChI=1S/C28H26ClNO8/c1-12-10-16-21(20(14-6-8-15(31)9-7-14)19(13(2)30-16)27(34)37-5)25(32)28(12)26(33)22-17(35-3)11-18(36-4)23(29)24(22)38-28/h6-9,11-12,20,30-31H,10H2,1-5H3/t12-,20-,28+/m1/s1. The minimum absolute atomic E-state index is 0.0157. The van der Waals surface area contributed by atoms with E-state index in [1.807, 2.05) is 0 Å². The summed E-state index contributed by atoms with van der Waals surface area (Å²) in [5.74, 6) is -2.82. The van der Waals surface area contributed by atoms with Gasteiger partial charge in [0.05, 0.1) is 26.9 Å². The molecule has 9 nitrogen and oxygen atoms in total. The van der Waals surface area contributed by atoms with Crippen LogP contribution in [0.1, 0.15) is 42.1 Å². The molecule has 0 amide bonds. The summed E-state index contributed by atoms with van der Waals surface area (Å²) >= 11 is 6.54. The third kappa shape index (κ3) is 3.41. The molecule has 0 fully saturated rings. The van der Waals surface area contributed by atoms with Gasteiger partial charge in [0.1, 0.15) is 27.8 Å². The zero-order chi connectivity index (χ0) is 27.5. The average Bonchev–Trinajstić information content (AvgIpc) is 3.22. The Kier molecular flexibility index (Phi) is 6.14. The number of ketones is 2. The van der Waals surface area contributed by atoms with E-state index in [1.165, 1.54) is 39.5 Å². The number of hydrogen-bond acceptors (Lipinski definition) is 9. The molecule has 2 aromatic rings. The Balaban J connectivity index is 1.71. The molecule has 0 radical (unpaired) electrons. The summed E-state index contributed by atoms with van der Waals surface area (Å²) in [6, 6.07) is 7.67. The number of carbonyl (C=O) groups is 3. The van der Waals surface area contributed by atoms with Crippen LogP contribution in [0, 0.1) is 5.92 Å². The van der Waals surface area contributed by atoms with Crippen molar-refractivity contribution in [3.8, 4) is 23.0 Å². The van der Waals surface area contributed by atoms with E-state index in [9.17, 15) is 19.5 Å². The van der Waals surface area contributed by atoms with Crippen LogP contribution in [0.25, 0.3) is 0 Å². The molecule has 3 atom stereocenters. The first-order valence-electron chi connectivity index (χ1n) is 11.9. The normalized spacial score (nSPS) is 24.1.